The number of fused-ring (bicyclic) bond motifs is 1. The number of aryl methyl sites for hydroxylation is 1. The van der Waals surface area contributed by atoms with Crippen LogP contribution in [0.15, 0.2) is 36.5 Å². The van der Waals surface area contributed by atoms with E-state index in [1.54, 1.807) is 19.2 Å². The molecule has 0 fully saturated rings. The summed E-state index contributed by atoms with van der Waals surface area (Å²) in [6.45, 7) is 1.74. The largest absolute Gasteiger partial charge is 0.297 e. The molecular formula is C17H10F2N4OS2. The van der Waals surface area contributed by atoms with E-state index in [0.29, 0.717) is 31.5 Å². The molecule has 0 unspecified atom stereocenters. The molecule has 0 aliphatic carbocycles. The van der Waals surface area contributed by atoms with Gasteiger partial charge < -0.3 is 0 Å². The topological polar surface area (TPSA) is 67.8 Å². The molecule has 5 nitrogen and oxygen atoms in total. The molecular weight excluding hydrogens is 378 g/mol. The highest BCUT2D eigenvalue weighted by Gasteiger charge is 2.18. The number of hydrogen-bond acceptors (Lipinski definition) is 6. The van der Waals surface area contributed by atoms with Crippen molar-refractivity contribution in [2.75, 3.05) is 5.32 Å². The van der Waals surface area contributed by atoms with Gasteiger partial charge in [0.15, 0.2) is 16.8 Å². The quantitative estimate of drug-likeness (QED) is 0.555. The van der Waals surface area contributed by atoms with Crippen LogP contribution in [-0.4, -0.2) is 20.9 Å². The van der Waals surface area contributed by atoms with Gasteiger partial charge in [0, 0.05) is 12.3 Å². The average Bonchev–Trinajstić information content (AvgIpc) is 3.19. The van der Waals surface area contributed by atoms with E-state index in [1.807, 2.05) is 12.1 Å². The Labute approximate surface area is 154 Å². The fourth-order valence-corrected chi connectivity index (χ4v) is 4.14. The van der Waals surface area contributed by atoms with Gasteiger partial charge in [-0.05, 0) is 25.1 Å². The minimum absolute atomic E-state index is 0.266. The third kappa shape index (κ3) is 3.06. The molecule has 0 atom stereocenters. The predicted octanol–water partition coefficient (Wildman–Crippen LogP) is 4.65. The van der Waals surface area contributed by atoms with Crippen LogP contribution < -0.4 is 5.32 Å². The van der Waals surface area contributed by atoms with Crippen molar-refractivity contribution in [2.45, 2.75) is 6.92 Å². The van der Waals surface area contributed by atoms with Gasteiger partial charge in [0.1, 0.15) is 9.88 Å². The number of carbonyl (C=O) groups is 1. The number of hydrogen-bond donors (Lipinski definition) is 1. The van der Waals surface area contributed by atoms with Crippen molar-refractivity contribution in [3.63, 3.8) is 0 Å². The van der Waals surface area contributed by atoms with E-state index in [2.05, 4.69) is 20.3 Å². The van der Waals surface area contributed by atoms with Crippen LogP contribution >= 0.6 is 22.7 Å². The highest BCUT2D eigenvalue weighted by molar-refractivity contribution is 7.22. The zero-order chi connectivity index (χ0) is 18.3. The second-order valence-corrected chi connectivity index (χ2v) is 7.39. The van der Waals surface area contributed by atoms with Crippen molar-refractivity contribution in [3.05, 3.63) is 58.7 Å². The lowest BCUT2D eigenvalue weighted by molar-refractivity contribution is 0.103. The van der Waals surface area contributed by atoms with Crippen LogP contribution in [-0.2, 0) is 0 Å². The summed E-state index contributed by atoms with van der Waals surface area (Å²) in [4.78, 5) is 25.7. The Kier molecular flexibility index (Phi) is 4.17. The number of anilines is 1. The molecule has 1 aromatic carbocycles. The standard InChI is InChI=1S/C17H10F2N4OS2/c1-8-14(26-16(21-8)11-4-2-3-5-20-11)15(24)23-17-22-12-6-9(18)10(19)7-13(12)25-17/h2-7H,1H3,(H,22,23,24). The van der Waals surface area contributed by atoms with Crippen molar-refractivity contribution in [1.29, 1.82) is 0 Å². The summed E-state index contributed by atoms with van der Waals surface area (Å²) in [6.07, 6.45) is 1.66. The lowest BCUT2D eigenvalue weighted by Gasteiger charge is -1.98. The molecule has 0 saturated heterocycles. The van der Waals surface area contributed by atoms with Gasteiger partial charge in [-0.2, -0.15) is 0 Å². The Morgan fingerprint density at radius 2 is 1.92 bits per heavy atom. The summed E-state index contributed by atoms with van der Waals surface area (Å²) in [5.74, 6) is -2.29. The van der Waals surface area contributed by atoms with Crippen LogP contribution in [0.3, 0.4) is 0 Å². The zero-order valence-electron chi connectivity index (χ0n) is 13.3. The minimum atomic E-state index is -0.973. The summed E-state index contributed by atoms with van der Waals surface area (Å²) in [6, 6.07) is 7.54. The van der Waals surface area contributed by atoms with E-state index in [9.17, 15) is 13.6 Å². The molecule has 0 bridgehead atoms. The average molecular weight is 388 g/mol. The van der Waals surface area contributed by atoms with Crippen LogP contribution in [0.4, 0.5) is 13.9 Å². The number of carbonyl (C=O) groups excluding carboxylic acids is 1. The number of halogens is 2. The maximum absolute atomic E-state index is 13.3. The lowest BCUT2D eigenvalue weighted by atomic mass is 10.3. The Balaban J connectivity index is 1.62. The normalized spacial score (nSPS) is 11.0. The van der Waals surface area contributed by atoms with E-state index in [-0.39, 0.29) is 11.0 Å². The maximum Gasteiger partial charge on any atom is 0.269 e. The molecule has 4 aromatic rings. The number of rotatable bonds is 3. The predicted molar refractivity (Wildman–Crippen MR) is 97.6 cm³/mol. The summed E-state index contributed by atoms with van der Waals surface area (Å²) in [5, 5.41) is 3.57. The summed E-state index contributed by atoms with van der Waals surface area (Å²) in [7, 11) is 0. The molecule has 1 amide bonds. The summed E-state index contributed by atoms with van der Waals surface area (Å²) >= 11 is 2.30. The van der Waals surface area contributed by atoms with E-state index in [0.717, 1.165) is 23.5 Å². The molecule has 130 valence electrons. The third-order valence-corrected chi connectivity index (χ3v) is 5.65. The van der Waals surface area contributed by atoms with E-state index >= 15 is 0 Å². The van der Waals surface area contributed by atoms with Crippen molar-refractivity contribution in [3.8, 4) is 10.7 Å². The van der Waals surface area contributed by atoms with Crippen molar-refractivity contribution in [2.24, 2.45) is 0 Å². The number of nitrogens with one attached hydrogen (secondary N) is 1. The van der Waals surface area contributed by atoms with Crippen molar-refractivity contribution < 1.29 is 13.6 Å². The fourth-order valence-electron chi connectivity index (χ4n) is 2.34. The second kappa shape index (κ2) is 6.50. The first-order valence-corrected chi connectivity index (χ1v) is 9.10. The highest BCUT2D eigenvalue weighted by atomic mass is 32.1. The molecule has 9 heteroatoms. The van der Waals surface area contributed by atoms with Gasteiger partial charge in [-0.3, -0.25) is 15.1 Å². The SMILES string of the molecule is Cc1nc(-c2ccccn2)sc1C(=O)Nc1nc2cc(F)c(F)cc2s1. The maximum atomic E-state index is 13.3. The van der Waals surface area contributed by atoms with Gasteiger partial charge in [0.2, 0.25) is 0 Å². The first-order chi connectivity index (χ1) is 12.5. The van der Waals surface area contributed by atoms with Crippen LogP contribution in [0.5, 0.6) is 0 Å². The van der Waals surface area contributed by atoms with Gasteiger partial charge in [-0.15, -0.1) is 11.3 Å². The molecule has 3 heterocycles. The lowest BCUT2D eigenvalue weighted by Crippen LogP contribution is -2.11. The Hall–Kier alpha value is -2.78. The molecule has 0 saturated carbocycles. The van der Waals surface area contributed by atoms with E-state index in [1.165, 1.54) is 11.3 Å². The number of aromatic nitrogens is 3. The summed E-state index contributed by atoms with van der Waals surface area (Å²) in [5.41, 5.74) is 1.55. The molecule has 3 aromatic heterocycles. The van der Waals surface area contributed by atoms with Gasteiger partial charge in [0.05, 0.1) is 21.6 Å². The monoisotopic (exact) mass is 388 g/mol. The molecule has 0 aliphatic heterocycles. The first-order valence-electron chi connectivity index (χ1n) is 7.47. The third-order valence-electron chi connectivity index (χ3n) is 3.54. The molecule has 0 aliphatic rings. The van der Waals surface area contributed by atoms with Gasteiger partial charge in [-0.25, -0.2) is 18.7 Å². The zero-order valence-corrected chi connectivity index (χ0v) is 14.9. The molecule has 0 radical (unpaired) electrons. The molecule has 0 spiro atoms. The number of thiazole rings is 2. The first kappa shape index (κ1) is 16.7. The molecule has 4 rings (SSSR count). The number of nitrogens with zero attached hydrogens (tertiary/aromatic N) is 3. The van der Waals surface area contributed by atoms with Gasteiger partial charge in [0.25, 0.3) is 5.91 Å². The van der Waals surface area contributed by atoms with Crippen LogP contribution in [0.2, 0.25) is 0 Å². The minimum Gasteiger partial charge on any atom is -0.297 e. The van der Waals surface area contributed by atoms with Crippen LogP contribution in [0.1, 0.15) is 15.4 Å². The smallest absolute Gasteiger partial charge is 0.269 e. The van der Waals surface area contributed by atoms with Crippen LogP contribution in [0.25, 0.3) is 20.9 Å². The highest BCUT2D eigenvalue weighted by Crippen LogP contribution is 2.30. The fraction of sp³-hybridized carbons (Fsp3) is 0.0588. The second-order valence-electron chi connectivity index (χ2n) is 5.36. The Morgan fingerprint density at radius 3 is 2.69 bits per heavy atom. The van der Waals surface area contributed by atoms with Crippen LogP contribution in [0, 0.1) is 18.6 Å². The molecule has 1 N–H and O–H groups in total. The van der Waals surface area contributed by atoms with Gasteiger partial charge >= 0.3 is 0 Å². The van der Waals surface area contributed by atoms with E-state index < -0.39 is 11.6 Å². The Bertz CT molecular complexity index is 1090. The van der Waals surface area contributed by atoms with Gasteiger partial charge in [-0.1, -0.05) is 17.4 Å². The molecule has 26 heavy (non-hydrogen) atoms. The Morgan fingerprint density at radius 1 is 1.12 bits per heavy atom. The number of amides is 1. The van der Waals surface area contributed by atoms with Crippen molar-refractivity contribution >= 4 is 43.9 Å². The summed E-state index contributed by atoms with van der Waals surface area (Å²) < 4.78 is 27.1. The van der Waals surface area contributed by atoms with Crippen molar-refractivity contribution in [1.82, 2.24) is 15.0 Å². The van der Waals surface area contributed by atoms with E-state index in [4.69, 9.17) is 0 Å². The number of benzene rings is 1. The number of pyridine rings is 1.